The van der Waals surface area contributed by atoms with Gasteiger partial charge in [0.05, 0.1) is 28.3 Å². The summed E-state index contributed by atoms with van der Waals surface area (Å²) < 4.78 is 1.46. The molecular formula is C17H18N4O5. The first-order valence-electron chi connectivity index (χ1n) is 8.20. The molecule has 0 aliphatic carbocycles. The van der Waals surface area contributed by atoms with Gasteiger partial charge in [-0.2, -0.15) is 5.10 Å². The zero-order valence-electron chi connectivity index (χ0n) is 14.1. The molecule has 0 saturated carbocycles. The van der Waals surface area contributed by atoms with Crippen molar-refractivity contribution in [1.82, 2.24) is 14.7 Å². The first-order chi connectivity index (χ1) is 12.4. The maximum Gasteiger partial charge on any atom is 0.308 e. The molecule has 2 atom stereocenters. The number of piperidine rings is 1. The minimum absolute atomic E-state index is 0.0286. The van der Waals surface area contributed by atoms with Crippen LogP contribution in [0.25, 0.3) is 5.69 Å². The summed E-state index contributed by atoms with van der Waals surface area (Å²) in [5.41, 5.74) is 0.907. The van der Waals surface area contributed by atoms with Gasteiger partial charge >= 0.3 is 5.97 Å². The fourth-order valence-corrected chi connectivity index (χ4v) is 3.06. The molecule has 9 heteroatoms. The molecule has 0 spiro atoms. The molecule has 1 amide bonds. The average Bonchev–Trinajstić information content (AvgIpc) is 3.11. The summed E-state index contributed by atoms with van der Waals surface area (Å²) >= 11 is 0. The molecule has 1 aromatic heterocycles. The number of benzene rings is 1. The lowest BCUT2D eigenvalue weighted by Crippen LogP contribution is -2.47. The van der Waals surface area contributed by atoms with Crippen LogP contribution in [0.5, 0.6) is 0 Å². The molecule has 136 valence electrons. The van der Waals surface area contributed by atoms with Gasteiger partial charge < -0.3 is 10.0 Å². The van der Waals surface area contributed by atoms with Crippen LogP contribution in [0.4, 0.5) is 5.69 Å². The summed E-state index contributed by atoms with van der Waals surface area (Å²) in [6, 6.07) is 5.78. The second-order valence-electron chi connectivity index (χ2n) is 6.37. The van der Waals surface area contributed by atoms with Gasteiger partial charge in [0.2, 0.25) is 0 Å². The monoisotopic (exact) mass is 358 g/mol. The fraction of sp³-hybridized carbons (Fsp3) is 0.353. The Morgan fingerprint density at radius 3 is 2.58 bits per heavy atom. The van der Waals surface area contributed by atoms with Crippen LogP contribution in [-0.4, -0.2) is 49.2 Å². The van der Waals surface area contributed by atoms with E-state index in [0.717, 1.165) is 0 Å². The fourth-order valence-electron chi connectivity index (χ4n) is 3.06. The van der Waals surface area contributed by atoms with Gasteiger partial charge in [0, 0.05) is 30.9 Å². The maximum atomic E-state index is 12.8. The Morgan fingerprint density at radius 1 is 1.27 bits per heavy atom. The number of amides is 1. The van der Waals surface area contributed by atoms with Gasteiger partial charge in [0.1, 0.15) is 0 Å². The third-order valence-electron chi connectivity index (χ3n) is 4.65. The van der Waals surface area contributed by atoms with Crippen molar-refractivity contribution in [3.8, 4) is 5.69 Å². The van der Waals surface area contributed by atoms with Crippen LogP contribution in [0.1, 0.15) is 30.1 Å². The van der Waals surface area contributed by atoms with Gasteiger partial charge in [-0.25, -0.2) is 4.68 Å². The van der Waals surface area contributed by atoms with E-state index in [-0.39, 0.29) is 24.2 Å². The number of non-ortho nitro benzene ring substituents is 1. The molecule has 2 unspecified atom stereocenters. The van der Waals surface area contributed by atoms with Gasteiger partial charge in [-0.15, -0.1) is 0 Å². The highest BCUT2D eigenvalue weighted by Gasteiger charge is 2.33. The second kappa shape index (κ2) is 6.95. The summed E-state index contributed by atoms with van der Waals surface area (Å²) in [6.45, 7) is 2.08. The van der Waals surface area contributed by atoms with Gasteiger partial charge in [-0.3, -0.25) is 19.7 Å². The Morgan fingerprint density at radius 2 is 1.96 bits per heavy atom. The van der Waals surface area contributed by atoms with E-state index < -0.39 is 16.8 Å². The van der Waals surface area contributed by atoms with Crippen molar-refractivity contribution in [2.75, 3.05) is 6.54 Å². The van der Waals surface area contributed by atoms with Crippen molar-refractivity contribution >= 4 is 17.6 Å². The third-order valence-corrected chi connectivity index (χ3v) is 4.65. The van der Waals surface area contributed by atoms with Crippen LogP contribution in [-0.2, 0) is 4.79 Å². The lowest BCUT2D eigenvalue weighted by atomic mass is 9.93. The first kappa shape index (κ1) is 17.6. The molecule has 1 saturated heterocycles. The standard InChI is InChI=1S/C17H18N4O5/c1-11-2-3-12(17(23)24)9-19(11)16(22)13-8-18-20(10-13)14-4-6-15(7-5-14)21(25)26/h4-8,10-12H,2-3,9H2,1H3,(H,23,24). The van der Waals surface area contributed by atoms with Gasteiger partial charge in [0.25, 0.3) is 11.6 Å². The summed E-state index contributed by atoms with van der Waals surface area (Å²) in [6.07, 6.45) is 4.16. The number of carbonyl (C=O) groups is 2. The molecule has 1 aromatic carbocycles. The number of aliphatic carboxylic acids is 1. The topological polar surface area (TPSA) is 119 Å². The van der Waals surface area contributed by atoms with Crippen molar-refractivity contribution < 1.29 is 19.6 Å². The van der Waals surface area contributed by atoms with Crippen LogP contribution < -0.4 is 0 Å². The number of aromatic nitrogens is 2. The molecule has 26 heavy (non-hydrogen) atoms. The third kappa shape index (κ3) is 3.41. The smallest absolute Gasteiger partial charge is 0.308 e. The largest absolute Gasteiger partial charge is 0.481 e. The van der Waals surface area contributed by atoms with Crippen molar-refractivity contribution in [1.29, 1.82) is 0 Å². The van der Waals surface area contributed by atoms with Crippen molar-refractivity contribution in [3.63, 3.8) is 0 Å². The molecular weight excluding hydrogens is 340 g/mol. The van der Waals surface area contributed by atoms with E-state index in [0.29, 0.717) is 24.1 Å². The molecule has 1 aliphatic rings. The highest BCUT2D eigenvalue weighted by atomic mass is 16.6. The summed E-state index contributed by atoms with van der Waals surface area (Å²) in [4.78, 5) is 35.8. The summed E-state index contributed by atoms with van der Waals surface area (Å²) in [5.74, 6) is -1.72. The molecule has 1 N–H and O–H groups in total. The average molecular weight is 358 g/mol. The van der Waals surface area contributed by atoms with Gasteiger partial charge in [-0.05, 0) is 31.9 Å². The van der Waals surface area contributed by atoms with Crippen LogP contribution in [0.15, 0.2) is 36.7 Å². The van der Waals surface area contributed by atoms with E-state index in [2.05, 4.69) is 5.10 Å². The SMILES string of the molecule is CC1CCC(C(=O)O)CN1C(=O)c1cnn(-c2ccc([N+](=O)[O-])cc2)c1. The lowest BCUT2D eigenvalue weighted by Gasteiger charge is -2.36. The Hall–Kier alpha value is -3.23. The van der Waals surface area contributed by atoms with Gasteiger partial charge in [-0.1, -0.05) is 0 Å². The van der Waals surface area contributed by atoms with E-state index in [1.165, 1.54) is 23.0 Å². The molecule has 9 nitrogen and oxygen atoms in total. The molecule has 1 fully saturated rings. The predicted molar refractivity (Wildman–Crippen MR) is 91.1 cm³/mol. The quantitative estimate of drug-likeness (QED) is 0.660. The zero-order valence-corrected chi connectivity index (χ0v) is 14.1. The minimum Gasteiger partial charge on any atom is -0.481 e. The maximum absolute atomic E-state index is 12.8. The number of carboxylic acids is 1. The van der Waals surface area contributed by atoms with Crippen LogP contribution >= 0.6 is 0 Å². The molecule has 0 bridgehead atoms. The number of nitro benzene ring substituents is 1. The first-order valence-corrected chi connectivity index (χ1v) is 8.20. The number of carboxylic acid groups (broad SMARTS) is 1. The van der Waals surface area contributed by atoms with Crippen molar-refractivity contribution in [2.45, 2.75) is 25.8 Å². The van der Waals surface area contributed by atoms with Crippen LogP contribution in [0, 0.1) is 16.0 Å². The molecule has 0 radical (unpaired) electrons. The highest BCUT2D eigenvalue weighted by molar-refractivity contribution is 5.94. The number of hydrogen-bond donors (Lipinski definition) is 1. The van der Waals surface area contributed by atoms with E-state index in [9.17, 15) is 24.8 Å². The Labute approximate surface area is 149 Å². The summed E-state index contributed by atoms with van der Waals surface area (Å²) in [5, 5.41) is 24.1. The lowest BCUT2D eigenvalue weighted by molar-refractivity contribution is -0.384. The molecule has 2 aromatic rings. The minimum atomic E-state index is -0.892. The number of hydrogen-bond acceptors (Lipinski definition) is 5. The Balaban J connectivity index is 1.79. The van der Waals surface area contributed by atoms with Crippen LogP contribution in [0.3, 0.4) is 0 Å². The van der Waals surface area contributed by atoms with E-state index in [4.69, 9.17) is 0 Å². The number of rotatable bonds is 4. The van der Waals surface area contributed by atoms with Gasteiger partial charge in [0.15, 0.2) is 0 Å². The highest BCUT2D eigenvalue weighted by Crippen LogP contribution is 2.24. The van der Waals surface area contributed by atoms with Crippen LogP contribution in [0.2, 0.25) is 0 Å². The number of nitrogens with zero attached hydrogens (tertiary/aromatic N) is 4. The second-order valence-corrected chi connectivity index (χ2v) is 6.37. The number of nitro groups is 1. The Kier molecular flexibility index (Phi) is 4.70. The van der Waals surface area contributed by atoms with E-state index >= 15 is 0 Å². The molecule has 1 aliphatic heterocycles. The van der Waals surface area contributed by atoms with Crippen molar-refractivity contribution in [2.24, 2.45) is 5.92 Å². The van der Waals surface area contributed by atoms with E-state index in [1.54, 1.807) is 23.2 Å². The zero-order chi connectivity index (χ0) is 18.8. The molecule has 2 heterocycles. The van der Waals surface area contributed by atoms with Crippen molar-refractivity contribution in [3.05, 3.63) is 52.3 Å². The predicted octanol–water partition coefficient (Wildman–Crippen LogP) is 2.11. The Bertz CT molecular complexity index is 845. The molecule has 3 rings (SSSR count). The summed E-state index contributed by atoms with van der Waals surface area (Å²) in [7, 11) is 0. The number of carbonyl (C=O) groups excluding carboxylic acids is 1. The van der Waals surface area contributed by atoms with E-state index in [1.807, 2.05) is 6.92 Å². The number of likely N-dealkylation sites (tertiary alicyclic amines) is 1. The normalized spacial score (nSPS) is 20.0.